The van der Waals surface area contributed by atoms with E-state index in [2.05, 4.69) is 16.7 Å². The minimum absolute atomic E-state index is 0.420. The van der Waals surface area contributed by atoms with Gasteiger partial charge in [0.25, 0.3) is 0 Å². The summed E-state index contributed by atoms with van der Waals surface area (Å²) in [6.45, 7) is 5.15. The zero-order valence-electron chi connectivity index (χ0n) is 16.1. The molecular weight excluding hydrogens is 362 g/mol. The van der Waals surface area contributed by atoms with Crippen LogP contribution >= 0.6 is 11.8 Å². The van der Waals surface area contributed by atoms with E-state index in [0.717, 1.165) is 39.6 Å². The molecule has 2 heterocycles. The first kappa shape index (κ1) is 19.4. The number of carbonyl (C=O) groups excluding carboxylic acids is 2. The second kappa shape index (κ2) is 8.14. The Labute approximate surface area is 163 Å². The van der Waals surface area contributed by atoms with Crippen LogP contribution in [0.1, 0.15) is 22.4 Å². The zero-order chi connectivity index (χ0) is 19.6. The van der Waals surface area contributed by atoms with E-state index >= 15 is 0 Å². The maximum Gasteiger partial charge on any atom is 0.314 e. The lowest BCUT2D eigenvalue weighted by molar-refractivity contribution is -0.136. The Morgan fingerprint density at radius 2 is 2.00 bits per heavy atom. The summed E-state index contributed by atoms with van der Waals surface area (Å²) in [5.41, 5.74) is 5.09. The molecule has 1 aliphatic rings. The molecule has 2 amide bonds. The molecule has 0 aliphatic carbocycles. The lowest BCUT2D eigenvalue weighted by atomic mass is 10.1. The molecule has 2 aromatic rings. The predicted octanol–water partition coefficient (Wildman–Crippen LogP) is 1.85. The van der Waals surface area contributed by atoms with E-state index in [-0.39, 0.29) is 0 Å². The number of amides is 2. The van der Waals surface area contributed by atoms with Gasteiger partial charge in [-0.25, -0.2) is 4.68 Å². The smallest absolute Gasteiger partial charge is 0.314 e. The molecule has 2 N–H and O–H groups in total. The van der Waals surface area contributed by atoms with Gasteiger partial charge < -0.3 is 15.5 Å². The lowest BCUT2D eigenvalue weighted by Gasteiger charge is -2.14. The summed E-state index contributed by atoms with van der Waals surface area (Å²) in [5.74, 6) is 0.877. The molecule has 3 rings (SSSR count). The van der Waals surface area contributed by atoms with Gasteiger partial charge in [-0.05, 0) is 39.6 Å². The van der Waals surface area contributed by atoms with E-state index in [1.807, 2.05) is 45.0 Å². The largest absolute Gasteiger partial charge is 0.347 e. The quantitative estimate of drug-likeness (QED) is 0.766. The normalized spacial score (nSPS) is 12.9. The Morgan fingerprint density at radius 3 is 2.70 bits per heavy atom. The fourth-order valence-corrected chi connectivity index (χ4v) is 4.03. The number of anilines is 1. The molecule has 27 heavy (non-hydrogen) atoms. The van der Waals surface area contributed by atoms with Gasteiger partial charge in [-0.2, -0.15) is 16.9 Å². The minimum atomic E-state index is -0.667. The van der Waals surface area contributed by atoms with E-state index in [1.54, 1.807) is 16.4 Å². The molecule has 0 atom stereocenters. The van der Waals surface area contributed by atoms with Crippen LogP contribution < -0.4 is 10.6 Å². The highest BCUT2D eigenvalue weighted by atomic mass is 32.2. The third-order valence-corrected chi connectivity index (χ3v) is 5.39. The number of carbonyl (C=O) groups is 2. The number of rotatable bonds is 5. The van der Waals surface area contributed by atoms with Crippen molar-refractivity contribution in [1.29, 1.82) is 0 Å². The zero-order valence-corrected chi connectivity index (χ0v) is 16.9. The van der Waals surface area contributed by atoms with Crippen LogP contribution in [-0.2, 0) is 21.1 Å². The summed E-state index contributed by atoms with van der Waals surface area (Å²) in [4.78, 5) is 26.5. The third-order valence-electron chi connectivity index (χ3n) is 4.42. The van der Waals surface area contributed by atoms with Crippen LogP contribution in [-0.4, -0.2) is 53.7 Å². The van der Waals surface area contributed by atoms with Crippen molar-refractivity contribution in [3.05, 3.63) is 40.6 Å². The minimum Gasteiger partial charge on any atom is -0.347 e. The van der Waals surface area contributed by atoms with Gasteiger partial charge in [0.15, 0.2) is 0 Å². The van der Waals surface area contributed by atoms with E-state index in [9.17, 15) is 9.59 Å². The predicted molar refractivity (Wildman–Crippen MR) is 108 cm³/mol. The Balaban J connectivity index is 1.84. The summed E-state index contributed by atoms with van der Waals surface area (Å²) < 4.78 is 1.75. The monoisotopic (exact) mass is 387 g/mol. The van der Waals surface area contributed by atoms with Crippen LogP contribution in [0.5, 0.6) is 0 Å². The number of likely N-dealkylation sites (N-methyl/N-ethyl adjacent to an activating group) is 1. The number of aromatic nitrogens is 2. The van der Waals surface area contributed by atoms with Crippen molar-refractivity contribution in [3.8, 4) is 5.69 Å². The summed E-state index contributed by atoms with van der Waals surface area (Å²) in [7, 11) is 3.82. The summed E-state index contributed by atoms with van der Waals surface area (Å²) in [6.07, 6.45) is 0. The second-order valence-electron chi connectivity index (χ2n) is 6.98. The Kier molecular flexibility index (Phi) is 5.86. The van der Waals surface area contributed by atoms with E-state index < -0.39 is 11.8 Å². The Hall–Kier alpha value is -2.32. The van der Waals surface area contributed by atoms with Gasteiger partial charge >= 0.3 is 11.8 Å². The maximum atomic E-state index is 12.4. The fourth-order valence-electron chi connectivity index (χ4n) is 3.00. The topological polar surface area (TPSA) is 79.3 Å². The summed E-state index contributed by atoms with van der Waals surface area (Å²) in [5, 5.41) is 10.1. The highest BCUT2D eigenvalue weighted by molar-refractivity contribution is 7.98. The van der Waals surface area contributed by atoms with E-state index in [4.69, 9.17) is 5.10 Å². The van der Waals surface area contributed by atoms with Crippen molar-refractivity contribution in [2.45, 2.75) is 25.4 Å². The van der Waals surface area contributed by atoms with Crippen LogP contribution in [0.15, 0.2) is 18.2 Å². The second-order valence-corrected chi connectivity index (χ2v) is 7.97. The highest BCUT2D eigenvalue weighted by Gasteiger charge is 2.26. The highest BCUT2D eigenvalue weighted by Crippen LogP contribution is 2.36. The van der Waals surface area contributed by atoms with Gasteiger partial charge in [0.1, 0.15) is 5.82 Å². The van der Waals surface area contributed by atoms with Gasteiger partial charge in [0.2, 0.25) is 0 Å². The van der Waals surface area contributed by atoms with Crippen molar-refractivity contribution < 1.29 is 9.59 Å². The molecule has 144 valence electrons. The number of hydrogen-bond acceptors (Lipinski definition) is 5. The fraction of sp³-hybridized carbons (Fsp3) is 0.421. The molecular formula is C19H25N5O2S. The average Bonchev–Trinajstić information content (AvgIpc) is 3.17. The summed E-state index contributed by atoms with van der Waals surface area (Å²) >= 11 is 1.75. The molecule has 0 bridgehead atoms. The molecule has 1 aliphatic heterocycles. The molecule has 0 fully saturated rings. The Morgan fingerprint density at radius 1 is 1.22 bits per heavy atom. The van der Waals surface area contributed by atoms with Gasteiger partial charge in [-0.3, -0.25) is 9.59 Å². The first-order valence-electron chi connectivity index (χ1n) is 8.87. The van der Waals surface area contributed by atoms with Crippen molar-refractivity contribution in [3.63, 3.8) is 0 Å². The molecule has 0 unspecified atom stereocenters. The number of thioether (sulfide) groups is 1. The number of benzene rings is 1. The molecule has 0 saturated carbocycles. The standard InChI is InChI=1S/C19H25N5O2S/c1-12-5-6-16(13(2)9-12)24-17(14-10-27-11-15(14)22-24)21-19(26)18(25)20-7-8-23(3)4/h5-6,9H,7-8,10-11H2,1-4H3,(H,20,25)(H,21,26). The van der Waals surface area contributed by atoms with Gasteiger partial charge in [0, 0.05) is 30.2 Å². The van der Waals surface area contributed by atoms with Gasteiger partial charge in [-0.15, -0.1) is 0 Å². The molecule has 1 aromatic carbocycles. The maximum absolute atomic E-state index is 12.4. The lowest BCUT2D eigenvalue weighted by Crippen LogP contribution is -2.39. The van der Waals surface area contributed by atoms with Crippen LogP contribution in [0.4, 0.5) is 5.82 Å². The van der Waals surface area contributed by atoms with Gasteiger partial charge in [-0.1, -0.05) is 17.7 Å². The van der Waals surface area contributed by atoms with Crippen molar-refractivity contribution >= 4 is 29.4 Å². The molecule has 8 heteroatoms. The number of nitrogens with one attached hydrogen (secondary N) is 2. The van der Waals surface area contributed by atoms with E-state index in [1.165, 1.54) is 0 Å². The van der Waals surface area contributed by atoms with Crippen LogP contribution in [0.3, 0.4) is 0 Å². The number of fused-ring (bicyclic) bond motifs is 1. The summed E-state index contributed by atoms with van der Waals surface area (Å²) in [6, 6.07) is 6.09. The molecule has 1 aromatic heterocycles. The number of hydrogen-bond donors (Lipinski definition) is 2. The Bertz CT molecular complexity index is 875. The van der Waals surface area contributed by atoms with Crippen molar-refractivity contribution in [2.75, 3.05) is 32.5 Å². The van der Waals surface area contributed by atoms with Crippen LogP contribution in [0.25, 0.3) is 5.69 Å². The molecule has 0 radical (unpaired) electrons. The third kappa shape index (κ3) is 4.33. The number of aryl methyl sites for hydroxylation is 2. The van der Waals surface area contributed by atoms with Crippen LogP contribution in [0, 0.1) is 13.8 Å². The molecule has 7 nitrogen and oxygen atoms in total. The van der Waals surface area contributed by atoms with Crippen molar-refractivity contribution in [2.24, 2.45) is 0 Å². The molecule has 0 spiro atoms. The average molecular weight is 388 g/mol. The SMILES string of the molecule is Cc1ccc(-n2nc3c(c2NC(=O)C(=O)NCCN(C)C)CSC3)c(C)c1. The first-order valence-corrected chi connectivity index (χ1v) is 10.0. The van der Waals surface area contributed by atoms with Crippen molar-refractivity contribution in [1.82, 2.24) is 20.0 Å². The first-order chi connectivity index (χ1) is 12.9. The van der Waals surface area contributed by atoms with Crippen LogP contribution in [0.2, 0.25) is 0 Å². The van der Waals surface area contributed by atoms with Gasteiger partial charge in [0.05, 0.1) is 11.4 Å². The van der Waals surface area contributed by atoms with E-state index in [0.29, 0.717) is 18.9 Å². The number of nitrogens with zero attached hydrogens (tertiary/aromatic N) is 3. The molecule has 0 saturated heterocycles.